The van der Waals surface area contributed by atoms with Gasteiger partial charge in [0.25, 0.3) is 0 Å². The third-order valence-corrected chi connectivity index (χ3v) is 4.72. The maximum atomic E-state index is 6.13. The highest BCUT2D eigenvalue weighted by molar-refractivity contribution is 4.88. The average Bonchev–Trinajstić information content (AvgIpc) is 3.06. The first-order valence-corrected chi connectivity index (χ1v) is 7.33. The second-order valence-corrected chi connectivity index (χ2v) is 6.46. The lowest BCUT2D eigenvalue weighted by atomic mass is 9.75. The maximum Gasteiger partial charge on any atom is 0.107 e. The Bertz CT molecular complexity index is 241. The predicted octanol–water partition coefficient (Wildman–Crippen LogP) is 3.79. The summed E-state index contributed by atoms with van der Waals surface area (Å²) in [6.07, 6.45) is 7.09. The molecule has 2 rings (SSSR count). The van der Waals surface area contributed by atoms with Gasteiger partial charge < -0.3 is 9.47 Å². The lowest BCUT2D eigenvalue weighted by Crippen LogP contribution is -2.36. The normalized spacial score (nSPS) is 41.8. The van der Waals surface area contributed by atoms with Crippen molar-refractivity contribution in [2.75, 3.05) is 6.61 Å². The van der Waals surface area contributed by atoms with Gasteiger partial charge in [0.15, 0.2) is 0 Å². The molecule has 0 aromatic heterocycles. The van der Waals surface area contributed by atoms with E-state index in [1.807, 2.05) is 0 Å². The summed E-state index contributed by atoms with van der Waals surface area (Å²) in [7, 11) is 0. The van der Waals surface area contributed by atoms with Crippen LogP contribution in [-0.4, -0.2) is 24.4 Å². The van der Waals surface area contributed by atoms with E-state index < -0.39 is 0 Å². The van der Waals surface area contributed by atoms with Gasteiger partial charge in [0.05, 0.1) is 18.3 Å². The van der Waals surface area contributed by atoms with Gasteiger partial charge in [-0.1, -0.05) is 20.8 Å². The van der Waals surface area contributed by atoms with Crippen molar-refractivity contribution in [3.05, 3.63) is 0 Å². The van der Waals surface area contributed by atoms with Crippen LogP contribution in [0, 0.1) is 11.8 Å². The molecule has 100 valence electrons. The molecule has 1 aliphatic carbocycles. The van der Waals surface area contributed by atoms with Crippen LogP contribution in [-0.2, 0) is 9.47 Å². The van der Waals surface area contributed by atoms with Gasteiger partial charge in [-0.2, -0.15) is 0 Å². The van der Waals surface area contributed by atoms with E-state index in [1.165, 1.54) is 25.7 Å². The summed E-state index contributed by atoms with van der Waals surface area (Å²) in [6, 6.07) is 0. The Morgan fingerprint density at radius 3 is 2.35 bits per heavy atom. The van der Waals surface area contributed by atoms with Gasteiger partial charge in [0.2, 0.25) is 0 Å². The van der Waals surface area contributed by atoms with Gasteiger partial charge in [-0.3, -0.25) is 0 Å². The molecule has 1 saturated heterocycles. The molecule has 0 spiro atoms. The molecule has 0 amide bonds. The summed E-state index contributed by atoms with van der Waals surface area (Å²) in [5.41, 5.74) is 0.121. The van der Waals surface area contributed by atoms with Crippen molar-refractivity contribution in [3.8, 4) is 0 Å². The molecule has 2 unspecified atom stereocenters. The molecule has 1 heterocycles. The fourth-order valence-electron chi connectivity index (χ4n) is 3.03. The van der Waals surface area contributed by atoms with Crippen molar-refractivity contribution in [2.45, 2.75) is 77.6 Å². The van der Waals surface area contributed by atoms with Crippen LogP contribution in [0.5, 0.6) is 0 Å². The second-order valence-electron chi connectivity index (χ2n) is 6.46. The zero-order valence-corrected chi connectivity index (χ0v) is 11.9. The maximum absolute atomic E-state index is 6.13. The molecule has 0 radical (unpaired) electrons. The van der Waals surface area contributed by atoms with E-state index in [0.29, 0.717) is 12.2 Å². The molecule has 1 aliphatic heterocycles. The van der Waals surface area contributed by atoms with Gasteiger partial charge in [-0.25, -0.2) is 0 Å². The van der Waals surface area contributed by atoms with E-state index in [-0.39, 0.29) is 5.60 Å². The highest BCUT2D eigenvalue weighted by Gasteiger charge is 2.40. The van der Waals surface area contributed by atoms with Crippen LogP contribution in [0.25, 0.3) is 0 Å². The van der Waals surface area contributed by atoms with Crippen molar-refractivity contribution in [2.24, 2.45) is 11.8 Å². The first-order valence-electron chi connectivity index (χ1n) is 7.33. The summed E-state index contributed by atoms with van der Waals surface area (Å²) in [5, 5.41) is 0. The molecule has 2 fully saturated rings. The Hall–Kier alpha value is -0.0800. The van der Waals surface area contributed by atoms with Crippen LogP contribution in [0.2, 0.25) is 0 Å². The predicted molar refractivity (Wildman–Crippen MR) is 70.1 cm³/mol. The van der Waals surface area contributed by atoms with Crippen LogP contribution in [0.15, 0.2) is 0 Å². The zero-order valence-electron chi connectivity index (χ0n) is 11.9. The van der Waals surface area contributed by atoms with Gasteiger partial charge in [0, 0.05) is 0 Å². The molecule has 2 nitrogen and oxygen atoms in total. The largest absolute Gasteiger partial charge is 0.372 e. The zero-order chi connectivity index (χ0) is 12.5. The van der Waals surface area contributed by atoms with Crippen LogP contribution in [0.3, 0.4) is 0 Å². The Morgan fingerprint density at radius 1 is 1.24 bits per heavy atom. The van der Waals surface area contributed by atoms with E-state index in [2.05, 4.69) is 27.7 Å². The van der Waals surface area contributed by atoms with E-state index in [0.717, 1.165) is 24.9 Å². The Morgan fingerprint density at radius 2 is 1.88 bits per heavy atom. The number of hydrogen-bond acceptors (Lipinski definition) is 2. The second kappa shape index (κ2) is 5.27. The summed E-state index contributed by atoms with van der Waals surface area (Å²) < 4.78 is 11.7. The smallest absolute Gasteiger partial charge is 0.107 e. The van der Waals surface area contributed by atoms with Gasteiger partial charge in [-0.05, 0) is 50.9 Å². The average molecular weight is 240 g/mol. The Kier molecular flexibility index (Phi) is 4.14. The standard InChI is InChI=1S/C15H28O2/c1-5-13-14(17-13)10-16-15(4)8-6-12(7-9-15)11(2)3/h11-14H,5-10H2,1-4H3. The number of ether oxygens (including phenoxy) is 2. The minimum absolute atomic E-state index is 0.121. The van der Waals surface area contributed by atoms with Crippen molar-refractivity contribution in [1.29, 1.82) is 0 Å². The third-order valence-electron chi connectivity index (χ3n) is 4.72. The fourth-order valence-corrected chi connectivity index (χ4v) is 3.03. The summed E-state index contributed by atoms with van der Waals surface area (Å²) >= 11 is 0. The van der Waals surface area contributed by atoms with Gasteiger partial charge >= 0.3 is 0 Å². The monoisotopic (exact) mass is 240 g/mol. The molecule has 0 bridgehead atoms. The molecule has 1 saturated carbocycles. The molecular weight excluding hydrogens is 212 g/mol. The number of hydrogen-bond donors (Lipinski definition) is 0. The van der Waals surface area contributed by atoms with Gasteiger partial charge in [-0.15, -0.1) is 0 Å². The first kappa shape index (κ1) is 13.4. The molecule has 0 aromatic carbocycles. The molecular formula is C15H28O2. The molecule has 2 heteroatoms. The molecule has 0 N–H and O–H groups in total. The molecule has 0 aromatic rings. The van der Waals surface area contributed by atoms with Crippen molar-refractivity contribution >= 4 is 0 Å². The van der Waals surface area contributed by atoms with Crippen molar-refractivity contribution in [1.82, 2.24) is 0 Å². The summed E-state index contributed by atoms with van der Waals surface area (Å²) in [6.45, 7) is 9.96. The number of rotatable bonds is 5. The highest BCUT2D eigenvalue weighted by Crippen LogP contribution is 2.38. The summed E-state index contributed by atoms with van der Waals surface area (Å²) in [5.74, 6) is 1.74. The SMILES string of the molecule is CCC1OC1COC1(C)CCC(C(C)C)CC1. The van der Waals surface area contributed by atoms with Gasteiger partial charge in [0.1, 0.15) is 6.10 Å². The van der Waals surface area contributed by atoms with E-state index >= 15 is 0 Å². The van der Waals surface area contributed by atoms with Crippen LogP contribution in [0.1, 0.15) is 59.8 Å². The quantitative estimate of drug-likeness (QED) is 0.682. The third kappa shape index (κ3) is 3.45. The molecule has 2 aliphatic rings. The van der Waals surface area contributed by atoms with Crippen molar-refractivity contribution < 1.29 is 9.47 Å². The minimum Gasteiger partial charge on any atom is -0.372 e. The van der Waals surface area contributed by atoms with E-state index in [4.69, 9.17) is 9.47 Å². The first-order chi connectivity index (χ1) is 8.04. The lowest BCUT2D eigenvalue weighted by molar-refractivity contribution is -0.0724. The number of epoxide rings is 1. The topological polar surface area (TPSA) is 21.8 Å². The molecule has 2 atom stereocenters. The fraction of sp³-hybridized carbons (Fsp3) is 1.00. The summed E-state index contributed by atoms with van der Waals surface area (Å²) in [4.78, 5) is 0. The van der Waals surface area contributed by atoms with Crippen LogP contribution < -0.4 is 0 Å². The van der Waals surface area contributed by atoms with Crippen LogP contribution >= 0.6 is 0 Å². The highest BCUT2D eigenvalue weighted by atomic mass is 16.6. The van der Waals surface area contributed by atoms with Crippen molar-refractivity contribution in [3.63, 3.8) is 0 Å². The lowest BCUT2D eigenvalue weighted by Gasteiger charge is -2.38. The minimum atomic E-state index is 0.121. The Balaban J connectivity index is 1.70. The van der Waals surface area contributed by atoms with E-state index in [9.17, 15) is 0 Å². The van der Waals surface area contributed by atoms with E-state index in [1.54, 1.807) is 0 Å². The van der Waals surface area contributed by atoms with Crippen LogP contribution in [0.4, 0.5) is 0 Å². The molecule has 17 heavy (non-hydrogen) atoms. The Labute approximate surface area is 106 Å².